The van der Waals surface area contributed by atoms with Crippen LogP contribution in [0.4, 0.5) is 0 Å². The molecule has 1 aromatic carbocycles. The summed E-state index contributed by atoms with van der Waals surface area (Å²) < 4.78 is 11.6. The van der Waals surface area contributed by atoms with Crippen molar-refractivity contribution in [3.05, 3.63) is 30.3 Å². The van der Waals surface area contributed by atoms with Gasteiger partial charge in [-0.1, -0.05) is 18.2 Å². The van der Waals surface area contributed by atoms with E-state index in [2.05, 4.69) is 13.5 Å². The predicted molar refractivity (Wildman–Crippen MR) is 75.2 cm³/mol. The molecule has 0 N–H and O–H groups in total. The molecule has 0 radical (unpaired) electrons. The molecule has 2 nitrogen and oxygen atoms in total. The Labute approximate surface area is 110 Å². The summed E-state index contributed by atoms with van der Waals surface area (Å²) >= 11 is 0. The molecule has 0 saturated heterocycles. The fraction of sp³-hybridized carbons (Fsp3) is 0.500. The Balaban J connectivity index is 2.24. The second kappa shape index (κ2) is 5.05. The van der Waals surface area contributed by atoms with E-state index in [1.807, 2.05) is 25.1 Å². The van der Waals surface area contributed by atoms with Crippen LogP contribution in [0.1, 0.15) is 45.1 Å². The van der Waals surface area contributed by atoms with Gasteiger partial charge >= 0.3 is 0 Å². The van der Waals surface area contributed by atoms with Gasteiger partial charge < -0.3 is 9.47 Å². The van der Waals surface area contributed by atoms with Crippen LogP contribution < -0.4 is 9.47 Å². The van der Waals surface area contributed by atoms with E-state index >= 15 is 0 Å². The van der Waals surface area contributed by atoms with Crippen molar-refractivity contribution in [2.45, 2.75) is 45.1 Å². The summed E-state index contributed by atoms with van der Waals surface area (Å²) in [5.41, 5.74) is 2.10. The van der Waals surface area contributed by atoms with E-state index in [4.69, 9.17) is 9.47 Å². The maximum atomic E-state index is 6.16. The zero-order valence-corrected chi connectivity index (χ0v) is 11.6. The van der Waals surface area contributed by atoms with Gasteiger partial charge in [0.1, 0.15) is 5.60 Å². The summed E-state index contributed by atoms with van der Waals surface area (Å²) in [6.45, 7) is 8.13. The zero-order valence-electron chi connectivity index (χ0n) is 11.6. The molecule has 98 valence electrons. The van der Waals surface area contributed by atoms with Crippen LogP contribution >= 0.6 is 0 Å². The Kier molecular flexibility index (Phi) is 3.65. The molecule has 18 heavy (non-hydrogen) atoms. The number of methoxy groups -OCH3 is 1. The van der Waals surface area contributed by atoms with Gasteiger partial charge in [0.2, 0.25) is 0 Å². The number of benzene rings is 1. The average molecular weight is 246 g/mol. The first kappa shape index (κ1) is 13.0. The van der Waals surface area contributed by atoms with E-state index in [-0.39, 0.29) is 5.60 Å². The van der Waals surface area contributed by atoms with Crippen LogP contribution in [0, 0.1) is 0 Å². The van der Waals surface area contributed by atoms with Gasteiger partial charge in [-0.05, 0) is 57.2 Å². The molecule has 0 bridgehead atoms. The molecule has 1 aromatic rings. The van der Waals surface area contributed by atoms with Crippen molar-refractivity contribution < 1.29 is 9.47 Å². The second-order valence-corrected chi connectivity index (χ2v) is 5.41. The van der Waals surface area contributed by atoms with E-state index in [0.717, 1.165) is 35.5 Å². The number of rotatable bonds is 4. The maximum absolute atomic E-state index is 6.16. The number of ether oxygens (including phenoxy) is 2. The zero-order chi connectivity index (χ0) is 13.2. The van der Waals surface area contributed by atoms with E-state index in [0.29, 0.717) is 0 Å². The lowest BCUT2D eigenvalue weighted by Gasteiger charge is -2.26. The van der Waals surface area contributed by atoms with Gasteiger partial charge in [0.25, 0.3) is 0 Å². The van der Waals surface area contributed by atoms with Gasteiger partial charge in [0, 0.05) is 0 Å². The fourth-order valence-corrected chi connectivity index (χ4v) is 2.51. The highest BCUT2D eigenvalue weighted by molar-refractivity contribution is 5.64. The first-order chi connectivity index (χ1) is 8.54. The summed E-state index contributed by atoms with van der Waals surface area (Å²) in [4.78, 5) is 0. The molecule has 1 aliphatic carbocycles. The monoisotopic (exact) mass is 246 g/mol. The summed E-state index contributed by atoms with van der Waals surface area (Å²) in [6.07, 6.45) is 4.75. The van der Waals surface area contributed by atoms with Gasteiger partial charge in [0.05, 0.1) is 7.11 Å². The van der Waals surface area contributed by atoms with Gasteiger partial charge in [-0.2, -0.15) is 0 Å². The number of hydrogen-bond acceptors (Lipinski definition) is 2. The standard InChI is InChI=1S/C16H22O2/c1-12(2)13-7-8-14(15(11-13)17-4)18-16(3)9-5-6-10-16/h7-8,11H,1,5-6,9-10H2,2-4H3. The number of hydrogen-bond donors (Lipinski definition) is 0. The molecular weight excluding hydrogens is 224 g/mol. The van der Waals surface area contributed by atoms with Crippen LogP contribution in [-0.4, -0.2) is 12.7 Å². The second-order valence-electron chi connectivity index (χ2n) is 5.41. The molecule has 2 heteroatoms. The highest BCUT2D eigenvalue weighted by Crippen LogP contribution is 2.38. The van der Waals surface area contributed by atoms with Gasteiger partial charge in [0.15, 0.2) is 11.5 Å². The minimum atomic E-state index is -0.0297. The van der Waals surface area contributed by atoms with Crippen molar-refractivity contribution in [2.75, 3.05) is 7.11 Å². The lowest BCUT2D eigenvalue weighted by atomic mass is 10.0. The molecular formula is C16H22O2. The van der Waals surface area contributed by atoms with Crippen molar-refractivity contribution >= 4 is 5.57 Å². The van der Waals surface area contributed by atoms with E-state index < -0.39 is 0 Å². The molecule has 0 aliphatic heterocycles. The molecule has 1 fully saturated rings. The van der Waals surface area contributed by atoms with Crippen molar-refractivity contribution in [3.8, 4) is 11.5 Å². The number of allylic oxidation sites excluding steroid dienone is 1. The van der Waals surface area contributed by atoms with Gasteiger partial charge in [-0.3, -0.25) is 0 Å². The molecule has 1 aliphatic rings. The van der Waals surface area contributed by atoms with Gasteiger partial charge in [-0.15, -0.1) is 0 Å². The molecule has 0 aromatic heterocycles. The molecule has 0 amide bonds. The Hall–Kier alpha value is -1.44. The molecule has 1 saturated carbocycles. The molecule has 0 spiro atoms. The smallest absolute Gasteiger partial charge is 0.162 e. The fourth-order valence-electron chi connectivity index (χ4n) is 2.51. The lowest BCUT2D eigenvalue weighted by molar-refractivity contribution is 0.0927. The summed E-state index contributed by atoms with van der Waals surface area (Å²) in [5, 5.41) is 0. The first-order valence-corrected chi connectivity index (χ1v) is 6.57. The van der Waals surface area contributed by atoms with Crippen LogP contribution in [0.3, 0.4) is 0 Å². The SMILES string of the molecule is C=C(C)c1ccc(OC2(C)CCCC2)c(OC)c1. The third-order valence-electron chi connectivity index (χ3n) is 3.67. The summed E-state index contributed by atoms with van der Waals surface area (Å²) in [6, 6.07) is 6.03. The van der Waals surface area contributed by atoms with Crippen LogP contribution in [0.2, 0.25) is 0 Å². The Bertz CT molecular complexity index is 442. The minimum absolute atomic E-state index is 0.0297. The average Bonchev–Trinajstić information content (AvgIpc) is 2.76. The van der Waals surface area contributed by atoms with Crippen LogP contribution in [-0.2, 0) is 0 Å². The Morgan fingerprint density at radius 2 is 1.89 bits per heavy atom. The third kappa shape index (κ3) is 2.69. The first-order valence-electron chi connectivity index (χ1n) is 6.57. The van der Waals surface area contributed by atoms with Crippen molar-refractivity contribution in [2.24, 2.45) is 0 Å². The van der Waals surface area contributed by atoms with E-state index in [1.54, 1.807) is 7.11 Å². The largest absolute Gasteiger partial charge is 0.493 e. The molecule has 0 atom stereocenters. The normalized spacial score (nSPS) is 17.5. The third-order valence-corrected chi connectivity index (χ3v) is 3.67. The summed E-state index contributed by atoms with van der Waals surface area (Å²) in [7, 11) is 1.68. The Morgan fingerprint density at radius 1 is 1.22 bits per heavy atom. The van der Waals surface area contributed by atoms with Crippen LogP contribution in [0.15, 0.2) is 24.8 Å². The van der Waals surface area contributed by atoms with E-state index in [1.165, 1.54) is 12.8 Å². The topological polar surface area (TPSA) is 18.5 Å². The summed E-state index contributed by atoms with van der Waals surface area (Å²) in [5.74, 6) is 1.63. The predicted octanol–water partition coefficient (Wildman–Crippen LogP) is 4.44. The van der Waals surface area contributed by atoms with Crippen LogP contribution in [0.25, 0.3) is 5.57 Å². The molecule has 0 heterocycles. The van der Waals surface area contributed by atoms with Crippen molar-refractivity contribution in [3.63, 3.8) is 0 Å². The van der Waals surface area contributed by atoms with Crippen molar-refractivity contribution in [1.29, 1.82) is 0 Å². The molecule has 2 rings (SSSR count). The minimum Gasteiger partial charge on any atom is -0.493 e. The highest BCUT2D eigenvalue weighted by Gasteiger charge is 2.31. The highest BCUT2D eigenvalue weighted by atomic mass is 16.5. The van der Waals surface area contributed by atoms with Gasteiger partial charge in [-0.25, -0.2) is 0 Å². The van der Waals surface area contributed by atoms with Crippen molar-refractivity contribution in [1.82, 2.24) is 0 Å². The van der Waals surface area contributed by atoms with Crippen LogP contribution in [0.5, 0.6) is 11.5 Å². The quantitative estimate of drug-likeness (QED) is 0.782. The van der Waals surface area contributed by atoms with E-state index in [9.17, 15) is 0 Å². The Morgan fingerprint density at radius 3 is 2.44 bits per heavy atom. The maximum Gasteiger partial charge on any atom is 0.162 e. The lowest BCUT2D eigenvalue weighted by Crippen LogP contribution is -2.28. The molecule has 0 unspecified atom stereocenters.